The van der Waals surface area contributed by atoms with Crippen LogP contribution < -0.4 is 22.5 Å². The third-order valence-corrected chi connectivity index (χ3v) is 15.5. The van der Waals surface area contributed by atoms with E-state index >= 15 is 0 Å². The number of hydrogen-bond donors (Lipinski definition) is 12. The van der Waals surface area contributed by atoms with E-state index in [1.54, 1.807) is 72.8 Å². The number of nitrogens with two attached hydrogens (primary N) is 3. The monoisotopic (exact) mass is 950 g/mol. The third kappa shape index (κ3) is 6.06. The summed E-state index contributed by atoms with van der Waals surface area (Å²) in [6, 6.07) is 12.5. The molecule has 0 spiro atoms. The lowest BCUT2D eigenvalue weighted by atomic mass is 9.55. The maximum atomic E-state index is 14.8. The zero-order chi connectivity index (χ0) is 50.2. The first-order valence-corrected chi connectivity index (χ1v) is 22.4. The maximum Gasteiger partial charge on any atom is 0.263 e. The highest BCUT2D eigenvalue weighted by atomic mass is 16.4. The molecule has 10 rings (SSSR count). The minimum atomic E-state index is -3.07. The smallest absolute Gasteiger partial charge is 0.263 e. The summed E-state index contributed by atoms with van der Waals surface area (Å²) in [5, 5.41) is 96.3. The number of rotatable bonds is 5. The second kappa shape index (κ2) is 15.8. The van der Waals surface area contributed by atoms with Crippen LogP contribution in [-0.4, -0.2) is 99.1 Å². The number of Topliss-reactive ketones (excluding diaryl/α,β-unsaturated/α-hetero) is 4. The lowest BCUT2D eigenvalue weighted by Crippen LogP contribution is -2.63. The van der Waals surface area contributed by atoms with Crippen molar-refractivity contribution in [1.29, 1.82) is 0 Å². The zero-order valence-electron chi connectivity index (χ0n) is 37.0. The maximum absolute atomic E-state index is 14.8. The van der Waals surface area contributed by atoms with Gasteiger partial charge in [0.2, 0.25) is 11.6 Å². The molecule has 70 heavy (non-hydrogen) atoms. The van der Waals surface area contributed by atoms with Gasteiger partial charge in [0, 0.05) is 46.7 Å². The summed E-state index contributed by atoms with van der Waals surface area (Å²) in [4.78, 5) is 84.3. The Hall–Kier alpha value is -7.90. The molecule has 0 fully saturated rings. The first-order valence-electron chi connectivity index (χ1n) is 22.4. The summed E-state index contributed by atoms with van der Waals surface area (Å²) < 4.78 is 0. The standard InChI is InChI=1S/C52H46N4O14/c1-19-7-5-10-21(14-13-19)31-23-15-16-28(40(58)33(23)42(60)35-25(31)18-26-38(53)43(61)36(49(55)67)47(65)51(26,69)46(35)64)56-50(68)37-44(62)39(54)27-17-24-30(20-8-3-2-4-9-20)22-11-6-12-29(57)32(22)41(59)34(24)45(63)52(27,70)48(37)66/h2-16,21,24-27,30-31,38-39,57-58,61-64,69-70H,17-18,53-54H2,1H3,(H2,55,67)(H,56,68)/t21?,24-,25-,26+,27+,30-,31-,38+,39+,51+,52+/m1/s1. The van der Waals surface area contributed by atoms with Crippen molar-refractivity contribution in [1.82, 2.24) is 0 Å². The Morgan fingerprint density at radius 1 is 0.686 bits per heavy atom. The van der Waals surface area contributed by atoms with Crippen molar-refractivity contribution in [3.05, 3.63) is 170 Å². The van der Waals surface area contributed by atoms with Gasteiger partial charge in [0.15, 0.2) is 28.5 Å². The van der Waals surface area contributed by atoms with E-state index in [1.165, 1.54) is 18.2 Å². The highest BCUT2D eigenvalue weighted by molar-refractivity contribution is 6.29. The molecule has 2 amide bonds. The van der Waals surface area contributed by atoms with E-state index in [2.05, 4.69) is 5.32 Å². The van der Waals surface area contributed by atoms with Crippen LogP contribution in [0.3, 0.4) is 0 Å². The van der Waals surface area contributed by atoms with Crippen LogP contribution in [0.5, 0.6) is 11.5 Å². The number of primary amides is 1. The Kier molecular flexibility index (Phi) is 10.4. The largest absolute Gasteiger partial charge is 0.510 e. The molecule has 0 aliphatic heterocycles. The van der Waals surface area contributed by atoms with E-state index in [0.29, 0.717) is 11.1 Å². The number of benzene rings is 3. The molecule has 18 nitrogen and oxygen atoms in total. The first-order chi connectivity index (χ1) is 33.2. The number of carbonyl (C=O) groups is 6. The van der Waals surface area contributed by atoms with Gasteiger partial charge in [0.1, 0.15) is 39.9 Å². The number of amides is 2. The van der Waals surface area contributed by atoms with Gasteiger partial charge in [0.05, 0.1) is 28.9 Å². The van der Waals surface area contributed by atoms with Crippen LogP contribution in [0.15, 0.2) is 142 Å². The highest BCUT2D eigenvalue weighted by Gasteiger charge is 2.65. The van der Waals surface area contributed by atoms with Gasteiger partial charge in [-0.15, -0.1) is 0 Å². The number of fused-ring (bicyclic) bond motifs is 6. The fourth-order valence-corrected chi connectivity index (χ4v) is 12.2. The number of aromatic hydroxyl groups is 2. The summed E-state index contributed by atoms with van der Waals surface area (Å²) in [5.74, 6) is -20.8. The van der Waals surface area contributed by atoms with Crippen molar-refractivity contribution in [2.24, 2.45) is 46.8 Å². The summed E-state index contributed by atoms with van der Waals surface area (Å²) in [6.45, 7) is 1.83. The third-order valence-electron chi connectivity index (χ3n) is 15.5. The van der Waals surface area contributed by atoms with Crippen molar-refractivity contribution >= 4 is 40.6 Å². The number of aliphatic hydroxyl groups is 6. The van der Waals surface area contributed by atoms with Crippen molar-refractivity contribution in [2.45, 2.75) is 54.9 Å². The Labute approximate surface area is 397 Å². The Morgan fingerprint density at radius 3 is 1.91 bits per heavy atom. The number of anilines is 1. The minimum absolute atomic E-state index is 0.168. The first kappa shape index (κ1) is 45.9. The molecule has 15 N–H and O–H groups in total. The van der Waals surface area contributed by atoms with Crippen LogP contribution in [0.2, 0.25) is 0 Å². The minimum Gasteiger partial charge on any atom is -0.510 e. The number of phenolic OH excluding ortho intramolecular Hbond substituents is 2. The van der Waals surface area contributed by atoms with Gasteiger partial charge in [-0.05, 0) is 54.5 Å². The molecule has 0 bridgehead atoms. The molecule has 0 radical (unpaired) electrons. The van der Waals surface area contributed by atoms with Crippen LogP contribution in [-0.2, 0) is 19.2 Å². The number of aliphatic hydroxyl groups excluding tert-OH is 4. The van der Waals surface area contributed by atoms with Crippen LogP contribution in [0.4, 0.5) is 5.69 Å². The van der Waals surface area contributed by atoms with Gasteiger partial charge in [-0.25, -0.2) is 0 Å². The molecule has 1 unspecified atom stereocenters. The molecule has 0 saturated carbocycles. The van der Waals surface area contributed by atoms with Crippen molar-refractivity contribution in [2.75, 3.05) is 5.32 Å². The summed E-state index contributed by atoms with van der Waals surface area (Å²) in [6.07, 6.45) is 8.34. The topological polar surface area (TPSA) is 354 Å². The summed E-state index contributed by atoms with van der Waals surface area (Å²) in [5.41, 5.74) is 9.84. The van der Waals surface area contributed by atoms with Gasteiger partial charge in [-0.1, -0.05) is 84.5 Å². The van der Waals surface area contributed by atoms with Crippen molar-refractivity contribution in [3.63, 3.8) is 0 Å². The van der Waals surface area contributed by atoms with Gasteiger partial charge < -0.3 is 63.4 Å². The van der Waals surface area contributed by atoms with E-state index in [1.807, 2.05) is 6.92 Å². The van der Waals surface area contributed by atoms with Gasteiger partial charge in [-0.3, -0.25) is 28.8 Å². The molecule has 3 aromatic rings. The van der Waals surface area contributed by atoms with Crippen LogP contribution in [0.1, 0.15) is 69.0 Å². The normalized spacial score (nSPS) is 32.3. The van der Waals surface area contributed by atoms with Gasteiger partial charge in [0.25, 0.3) is 11.8 Å². The second-order valence-electron chi connectivity index (χ2n) is 19.0. The van der Waals surface area contributed by atoms with Crippen LogP contribution >= 0.6 is 0 Å². The quantitative estimate of drug-likeness (QED) is 0.129. The predicted octanol–water partition coefficient (Wildman–Crippen LogP) is 3.32. The van der Waals surface area contributed by atoms with E-state index in [9.17, 15) is 69.6 Å². The van der Waals surface area contributed by atoms with E-state index in [4.69, 9.17) is 17.2 Å². The predicted molar refractivity (Wildman–Crippen MR) is 247 cm³/mol. The number of hydrogen-bond acceptors (Lipinski definition) is 16. The molecule has 0 saturated heterocycles. The summed E-state index contributed by atoms with van der Waals surface area (Å²) >= 11 is 0. The highest BCUT2D eigenvalue weighted by Crippen LogP contribution is 2.59. The fraction of sp³-hybridized carbons (Fsp3) is 0.269. The molecule has 3 aromatic carbocycles. The molecule has 18 heteroatoms. The van der Waals surface area contributed by atoms with Gasteiger partial charge in [-0.2, -0.15) is 0 Å². The Morgan fingerprint density at radius 2 is 1.27 bits per heavy atom. The lowest BCUT2D eigenvalue weighted by Gasteiger charge is -2.50. The number of allylic oxidation sites excluding steroid dienone is 8. The molecule has 7 aliphatic carbocycles. The zero-order valence-corrected chi connectivity index (χ0v) is 37.0. The number of ketones is 4. The van der Waals surface area contributed by atoms with Crippen molar-refractivity contribution in [3.8, 4) is 11.5 Å². The molecule has 0 heterocycles. The van der Waals surface area contributed by atoms with Crippen LogP contribution in [0.25, 0.3) is 0 Å². The molecular weight excluding hydrogens is 905 g/mol. The van der Waals surface area contributed by atoms with Crippen LogP contribution in [0, 0.1) is 29.6 Å². The Bertz CT molecular complexity index is 3200. The van der Waals surface area contributed by atoms with E-state index in [-0.39, 0.29) is 24.0 Å². The molecular formula is C52H46N4O14. The Balaban J connectivity index is 1.06. The molecule has 11 atom stereocenters. The van der Waals surface area contributed by atoms with Gasteiger partial charge >= 0.3 is 0 Å². The second-order valence-corrected chi connectivity index (χ2v) is 19.0. The fourth-order valence-electron chi connectivity index (χ4n) is 12.2. The number of nitrogens with one attached hydrogen (secondary N) is 1. The average molecular weight is 951 g/mol. The average Bonchev–Trinajstić information content (AvgIpc) is 3.54. The molecule has 358 valence electrons. The number of carbonyl (C=O) groups excluding carboxylic acids is 6. The lowest BCUT2D eigenvalue weighted by molar-refractivity contribution is -0.146. The van der Waals surface area contributed by atoms with Crippen molar-refractivity contribution < 1.29 is 69.6 Å². The van der Waals surface area contributed by atoms with E-state index < -0.39 is 168 Å². The number of phenols is 2. The summed E-state index contributed by atoms with van der Waals surface area (Å²) in [7, 11) is 0. The molecule has 7 aliphatic rings. The SMILES string of the molecule is CC1=CC=CC([C@@H]2c3ccc(NC(=O)C4=C(O)[C@@H](N)[C@@H]5C[C@H]6C(=C(O)[C@]5(O)C4=O)C(=O)c4c(O)cccc4[C@H]6c4ccccc4)c(O)c3C(=O)C3=C(O)[C@]4(O)C(=O)C(C(N)=O)=C(O)[C@@H](N)[C@@H]4C[C@@H]32)C=C1. The van der Waals surface area contributed by atoms with E-state index in [0.717, 1.165) is 5.57 Å². The molecule has 0 aromatic heterocycles.